The van der Waals surface area contributed by atoms with Gasteiger partial charge in [-0.3, -0.25) is 9.59 Å². The van der Waals surface area contributed by atoms with Gasteiger partial charge in [0.25, 0.3) is 11.8 Å². The van der Waals surface area contributed by atoms with E-state index in [1.807, 2.05) is 24.3 Å². The number of benzene rings is 3. The van der Waals surface area contributed by atoms with Gasteiger partial charge < -0.3 is 10.2 Å². The number of sulfone groups is 1. The first-order chi connectivity index (χ1) is 15.3. The van der Waals surface area contributed by atoms with E-state index in [0.29, 0.717) is 17.8 Å². The first-order valence-corrected chi connectivity index (χ1v) is 12.3. The second kappa shape index (κ2) is 8.39. The van der Waals surface area contributed by atoms with Crippen LogP contribution in [-0.4, -0.2) is 32.0 Å². The number of rotatable bonds is 7. The summed E-state index contributed by atoms with van der Waals surface area (Å²) in [6, 6.07) is 15.2. The summed E-state index contributed by atoms with van der Waals surface area (Å²) in [5.74, 6) is -0.423. The van der Waals surface area contributed by atoms with Crippen LogP contribution in [0.4, 0.5) is 11.4 Å². The molecule has 0 saturated carbocycles. The summed E-state index contributed by atoms with van der Waals surface area (Å²) in [4.78, 5) is 27.8. The lowest BCUT2D eigenvalue weighted by atomic mass is 10.0. The lowest BCUT2D eigenvalue weighted by Gasteiger charge is -2.18. The van der Waals surface area contributed by atoms with Gasteiger partial charge in [0.2, 0.25) is 0 Å². The number of hydrogen-bond donors (Lipinski definition) is 1. The van der Waals surface area contributed by atoms with Gasteiger partial charge in [-0.15, -0.1) is 0 Å². The van der Waals surface area contributed by atoms with E-state index in [1.165, 1.54) is 12.1 Å². The van der Waals surface area contributed by atoms with Crippen LogP contribution >= 0.6 is 0 Å². The topological polar surface area (TPSA) is 83.6 Å². The first kappa shape index (κ1) is 22.0. The van der Waals surface area contributed by atoms with Crippen LogP contribution in [0.3, 0.4) is 0 Å². The second-order valence-electron chi connectivity index (χ2n) is 8.25. The summed E-state index contributed by atoms with van der Waals surface area (Å²) >= 11 is 0. The van der Waals surface area contributed by atoms with Crippen LogP contribution in [0.25, 0.3) is 10.8 Å². The molecule has 0 spiro atoms. The van der Waals surface area contributed by atoms with Crippen molar-refractivity contribution in [2.75, 3.05) is 16.8 Å². The van der Waals surface area contributed by atoms with Gasteiger partial charge in [-0.05, 0) is 56.7 Å². The zero-order valence-electron chi connectivity index (χ0n) is 18.4. The zero-order valence-corrected chi connectivity index (χ0v) is 19.2. The molecule has 7 heteroatoms. The quantitative estimate of drug-likeness (QED) is 0.547. The van der Waals surface area contributed by atoms with Gasteiger partial charge in [-0.25, -0.2) is 8.42 Å². The van der Waals surface area contributed by atoms with E-state index in [0.717, 1.165) is 29.3 Å². The molecule has 32 heavy (non-hydrogen) atoms. The summed E-state index contributed by atoms with van der Waals surface area (Å²) in [6.07, 6.45) is 1.90. The molecule has 1 aliphatic heterocycles. The molecule has 1 aliphatic rings. The predicted octanol–water partition coefficient (Wildman–Crippen LogP) is 5.03. The van der Waals surface area contributed by atoms with Crippen molar-refractivity contribution in [3.63, 3.8) is 0 Å². The average molecular weight is 451 g/mol. The van der Waals surface area contributed by atoms with E-state index >= 15 is 0 Å². The molecule has 6 nitrogen and oxygen atoms in total. The highest BCUT2D eigenvalue weighted by Crippen LogP contribution is 2.40. The minimum Gasteiger partial charge on any atom is -0.321 e. The van der Waals surface area contributed by atoms with Crippen molar-refractivity contribution >= 4 is 43.8 Å². The van der Waals surface area contributed by atoms with Crippen molar-refractivity contribution in [2.24, 2.45) is 0 Å². The molecule has 0 atom stereocenters. The maximum absolute atomic E-state index is 13.0. The molecule has 1 N–H and O–H groups in total. The maximum Gasteiger partial charge on any atom is 0.258 e. The Morgan fingerprint density at radius 1 is 1.06 bits per heavy atom. The van der Waals surface area contributed by atoms with Crippen molar-refractivity contribution < 1.29 is 18.0 Å². The number of carbonyl (C=O) groups excluding carboxylic acids is 2. The van der Waals surface area contributed by atoms with Gasteiger partial charge in [-0.1, -0.05) is 31.5 Å². The summed E-state index contributed by atoms with van der Waals surface area (Å²) in [7, 11) is -3.49. The largest absolute Gasteiger partial charge is 0.321 e. The zero-order chi connectivity index (χ0) is 23.0. The predicted molar refractivity (Wildman–Crippen MR) is 127 cm³/mol. The normalized spacial score (nSPS) is 13.2. The summed E-state index contributed by atoms with van der Waals surface area (Å²) in [5, 5.41) is 3.94. The molecule has 0 radical (unpaired) electrons. The molecule has 0 aromatic heterocycles. The minimum absolute atomic E-state index is 0.0193. The molecule has 3 aromatic rings. The highest BCUT2D eigenvalue weighted by atomic mass is 32.2. The SMILES string of the molecule is CCCCN1C(=O)c2cccc3c(NC(=O)c4cccc(S(=O)(=O)C(C)C)c4)ccc1c23. The van der Waals surface area contributed by atoms with Crippen molar-refractivity contribution in [3.8, 4) is 0 Å². The van der Waals surface area contributed by atoms with E-state index in [-0.39, 0.29) is 16.4 Å². The molecule has 2 amide bonds. The number of nitrogens with one attached hydrogen (secondary N) is 1. The number of unbranched alkanes of at least 4 members (excludes halogenated alkanes) is 1. The average Bonchev–Trinajstić information content (AvgIpc) is 3.06. The highest BCUT2D eigenvalue weighted by molar-refractivity contribution is 7.92. The molecular formula is C25H26N2O4S. The van der Waals surface area contributed by atoms with Crippen molar-refractivity contribution in [2.45, 2.75) is 43.8 Å². The number of carbonyl (C=O) groups is 2. The standard InChI is InChI=1S/C25H26N2O4S/c1-4-5-14-27-22-13-12-21(19-10-7-11-20(23(19)22)25(27)29)26-24(28)17-8-6-9-18(15-17)32(30,31)16(2)3/h6-13,15-16H,4-5,14H2,1-3H3,(H,26,28). The van der Waals surface area contributed by atoms with Crippen LogP contribution in [0.2, 0.25) is 0 Å². The summed E-state index contributed by atoms with van der Waals surface area (Å²) in [5.41, 5.74) is 2.33. The van der Waals surface area contributed by atoms with Crippen LogP contribution in [0.5, 0.6) is 0 Å². The van der Waals surface area contributed by atoms with Gasteiger partial charge in [-0.2, -0.15) is 0 Å². The Balaban J connectivity index is 1.70. The van der Waals surface area contributed by atoms with E-state index in [4.69, 9.17) is 0 Å². The van der Waals surface area contributed by atoms with E-state index in [9.17, 15) is 18.0 Å². The van der Waals surface area contributed by atoms with E-state index in [1.54, 1.807) is 36.9 Å². The third kappa shape index (κ3) is 3.66. The lowest BCUT2D eigenvalue weighted by Crippen LogP contribution is -2.27. The van der Waals surface area contributed by atoms with Crippen LogP contribution in [0.15, 0.2) is 59.5 Å². The highest BCUT2D eigenvalue weighted by Gasteiger charge is 2.30. The molecule has 0 fully saturated rings. The van der Waals surface area contributed by atoms with E-state index < -0.39 is 21.0 Å². The van der Waals surface area contributed by atoms with Gasteiger partial charge >= 0.3 is 0 Å². The molecule has 0 bridgehead atoms. The molecule has 1 heterocycles. The molecule has 3 aromatic carbocycles. The van der Waals surface area contributed by atoms with Crippen LogP contribution in [0, 0.1) is 0 Å². The maximum atomic E-state index is 13.0. The Bertz CT molecular complexity index is 1330. The fourth-order valence-electron chi connectivity index (χ4n) is 3.97. The second-order valence-corrected chi connectivity index (χ2v) is 10.8. The smallest absolute Gasteiger partial charge is 0.258 e. The Morgan fingerprint density at radius 2 is 1.81 bits per heavy atom. The Kier molecular flexibility index (Phi) is 5.77. The number of anilines is 2. The van der Waals surface area contributed by atoms with Gasteiger partial charge in [0.05, 0.1) is 15.8 Å². The van der Waals surface area contributed by atoms with Gasteiger partial charge in [0, 0.05) is 34.1 Å². The Labute approximate surface area is 188 Å². The monoisotopic (exact) mass is 450 g/mol. The molecule has 4 rings (SSSR count). The van der Waals surface area contributed by atoms with Gasteiger partial charge in [0.1, 0.15) is 0 Å². The number of amides is 2. The fourth-order valence-corrected chi connectivity index (χ4v) is 5.08. The van der Waals surface area contributed by atoms with Crippen LogP contribution in [0.1, 0.15) is 54.3 Å². The van der Waals surface area contributed by atoms with Crippen molar-refractivity contribution in [1.82, 2.24) is 0 Å². The van der Waals surface area contributed by atoms with Crippen LogP contribution in [-0.2, 0) is 9.84 Å². The van der Waals surface area contributed by atoms with Crippen molar-refractivity contribution in [3.05, 3.63) is 65.7 Å². The molecule has 0 aliphatic carbocycles. The lowest BCUT2D eigenvalue weighted by molar-refractivity contribution is 0.0991. The third-order valence-corrected chi connectivity index (χ3v) is 7.97. The minimum atomic E-state index is -3.49. The van der Waals surface area contributed by atoms with E-state index in [2.05, 4.69) is 12.2 Å². The summed E-state index contributed by atoms with van der Waals surface area (Å²) < 4.78 is 25.0. The fraction of sp³-hybridized carbons (Fsp3) is 0.280. The molecular weight excluding hydrogens is 424 g/mol. The Morgan fingerprint density at radius 3 is 2.53 bits per heavy atom. The molecule has 0 unspecified atom stereocenters. The Hall–Kier alpha value is -3.19. The van der Waals surface area contributed by atoms with Gasteiger partial charge in [0.15, 0.2) is 9.84 Å². The summed E-state index contributed by atoms with van der Waals surface area (Å²) in [6.45, 7) is 5.96. The number of nitrogens with zero attached hydrogens (tertiary/aromatic N) is 1. The van der Waals surface area contributed by atoms with Crippen LogP contribution < -0.4 is 10.2 Å². The van der Waals surface area contributed by atoms with Crippen molar-refractivity contribution in [1.29, 1.82) is 0 Å². The number of hydrogen-bond acceptors (Lipinski definition) is 4. The first-order valence-electron chi connectivity index (χ1n) is 10.8. The molecule has 0 saturated heterocycles. The third-order valence-electron chi connectivity index (χ3n) is 5.81. The molecule has 166 valence electrons.